The summed E-state index contributed by atoms with van der Waals surface area (Å²) in [6.07, 6.45) is 4.82. The number of carbonyl (C=O) groups is 4. The minimum atomic E-state index is -2.02. The number of aliphatic hydroxyl groups is 1. The molecule has 4 saturated heterocycles. The van der Waals surface area contributed by atoms with Crippen LogP contribution in [0.4, 0.5) is 0 Å². The zero-order chi connectivity index (χ0) is 20.4. The maximum absolute atomic E-state index is 11.1. The molecular weight excluding hydrogens is 370 g/mol. The summed E-state index contributed by atoms with van der Waals surface area (Å²) in [5.41, 5.74) is 0. The number of hydrogen-bond donors (Lipinski definition) is 1. The molecule has 0 bridgehead atoms. The highest BCUT2D eigenvalue weighted by Gasteiger charge is 2.63. The number of fused-ring (bicyclic) bond motifs is 2. The average Bonchev–Trinajstić information content (AvgIpc) is 3.26. The first-order chi connectivity index (χ1) is 13.3. The van der Waals surface area contributed by atoms with Crippen LogP contribution in [0.2, 0.25) is 0 Å². The van der Waals surface area contributed by atoms with Gasteiger partial charge >= 0.3 is 37.0 Å². The van der Waals surface area contributed by atoms with E-state index in [1.807, 2.05) is 13.0 Å². The van der Waals surface area contributed by atoms with Crippen LogP contribution in [0.25, 0.3) is 0 Å². The van der Waals surface area contributed by atoms with Crippen LogP contribution in [0.15, 0.2) is 24.1 Å². The van der Waals surface area contributed by atoms with Crippen LogP contribution < -0.4 is 0 Å². The molecule has 0 aromatic rings. The van der Waals surface area contributed by atoms with Crippen molar-refractivity contribution < 1.29 is 42.9 Å². The summed E-state index contributed by atoms with van der Waals surface area (Å²) in [5.74, 6) is 3.28. The number of carbonyl (C=O) groups excluding carboxylic acids is 4. The van der Waals surface area contributed by atoms with Crippen molar-refractivity contribution in [2.24, 2.45) is 0 Å². The van der Waals surface area contributed by atoms with Gasteiger partial charge in [-0.3, -0.25) is 19.2 Å². The fourth-order valence-corrected chi connectivity index (χ4v) is 3.75. The SMILES string of the molecule is CC/C=C/[B-]12OC(=O)C[C+]1CC(=O)O2.O=C1C[C+]2CC(=O)O[B-]2(/C=C/CO)O1. The molecule has 0 radical (unpaired) electrons. The standard InChI is InChI=1S/C9H11BO4.C8H9BO5/c1-2-3-4-10-7(5-8(11)13-10)6-9(12)14-10;10-3-1-2-9-6(4-7(11)13-9)5-8(12)14-9/h3-4H,2,5-6H2,1H3;1-2,10H,3-5H2/b4-3+;2-1+. The molecule has 4 aliphatic heterocycles. The van der Waals surface area contributed by atoms with Crippen LogP contribution in [-0.2, 0) is 37.8 Å². The highest BCUT2D eigenvalue weighted by atomic mass is 16.7. The van der Waals surface area contributed by atoms with Crippen molar-refractivity contribution in [1.29, 1.82) is 0 Å². The van der Waals surface area contributed by atoms with Gasteiger partial charge in [-0.1, -0.05) is 13.0 Å². The summed E-state index contributed by atoms with van der Waals surface area (Å²) in [6.45, 7) is -2.08. The Hall–Kier alpha value is -2.81. The molecule has 0 saturated carbocycles. The van der Waals surface area contributed by atoms with Gasteiger partial charge < -0.3 is 23.7 Å². The van der Waals surface area contributed by atoms with Crippen LogP contribution in [0.1, 0.15) is 39.0 Å². The fraction of sp³-hybridized carbons (Fsp3) is 0.412. The summed E-state index contributed by atoms with van der Waals surface area (Å²) in [4.78, 5) is 44.2. The molecule has 0 atom stereocenters. The molecule has 1 N–H and O–H groups in total. The predicted molar refractivity (Wildman–Crippen MR) is 96.5 cm³/mol. The second-order valence-corrected chi connectivity index (χ2v) is 6.97. The molecule has 4 aliphatic rings. The van der Waals surface area contributed by atoms with E-state index in [2.05, 4.69) is 0 Å². The normalized spacial score (nSPS) is 23.9. The minimum Gasteiger partial charge on any atom is -0.610 e. The van der Waals surface area contributed by atoms with E-state index in [-0.39, 0.29) is 56.2 Å². The Bertz CT molecular complexity index is 643. The third-order valence-corrected chi connectivity index (χ3v) is 4.97. The molecule has 9 nitrogen and oxygen atoms in total. The number of allylic oxidation sites excluding steroid dienone is 1. The molecule has 0 aliphatic carbocycles. The minimum absolute atomic E-state index is 0.140. The zero-order valence-corrected chi connectivity index (χ0v) is 15.4. The molecule has 28 heavy (non-hydrogen) atoms. The molecule has 11 heteroatoms. The summed E-state index contributed by atoms with van der Waals surface area (Å²) >= 11 is 0. The second kappa shape index (κ2) is 7.67. The van der Waals surface area contributed by atoms with Crippen molar-refractivity contribution in [3.63, 3.8) is 0 Å². The Morgan fingerprint density at radius 1 is 0.786 bits per heavy atom. The maximum atomic E-state index is 11.1. The lowest BCUT2D eigenvalue weighted by Crippen LogP contribution is -2.38. The molecule has 0 aromatic heterocycles. The Balaban J connectivity index is 0.000000161. The highest BCUT2D eigenvalue weighted by Crippen LogP contribution is 2.41. The Kier molecular flexibility index (Phi) is 5.46. The highest BCUT2D eigenvalue weighted by molar-refractivity contribution is 6.84. The van der Waals surface area contributed by atoms with Gasteiger partial charge in [-0.15, -0.1) is 18.0 Å². The smallest absolute Gasteiger partial charge is 0.581 e. The van der Waals surface area contributed by atoms with Crippen molar-refractivity contribution in [2.45, 2.75) is 39.0 Å². The van der Waals surface area contributed by atoms with Crippen molar-refractivity contribution >= 4 is 37.0 Å². The van der Waals surface area contributed by atoms with Crippen LogP contribution in [-0.4, -0.2) is 48.7 Å². The molecule has 0 spiro atoms. The third kappa shape index (κ3) is 3.75. The zero-order valence-electron chi connectivity index (χ0n) is 15.4. The Labute approximate surface area is 162 Å². The van der Waals surface area contributed by atoms with Crippen LogP contribution in [0.3, 0.4) is 0 Å². The van der Waals surface area contributed by atoms with Gasteiger partial charge in [0.05, 0.1) is 6.61 Å². The quantitative estimate of drug-likeness (QED) is 0.539. The third-order valence-electron chi connectivity index (χ3n) is 4.97. The summed E-state index contributed by atoms with van der Waals surface area (Å²) < 4.78 is 20.2. The van der Waals surface area contributed by atoms with Gasteiger partial charge in [0.1, 0.15) is 25.7 Å². The fourth-order valence-electron chi connectivity index (χ4n) is 3.75. The lowest BCUT2D eigenvalue weighted by atomic mass is 9.49. The topological polar surface area (TPSA) is 125 Å². The molecule has 4 rings (SSSR count). The summed E-state index contributed by atoms with van der Waals surface area (Å²) in [7, 11) is 0. The Morgan fingerprint density at radius 3 is 1.46 bits per heavy atom. The lowest BCUT2D eigenvalue weighted by Gasteiger charge is -2.20. The average molecular weight is 390 g/mol. The molecule has 148 valence electrons. The maximum Gasteiger partial charge on any atom is 0.581 e. The van der Waals surface area contributed by atoms with Crippen LogP contribution >= 0.6 is 0 Å². The van der Waals surface area contributed by atoms with E-state index in [0.717, 1.165) is 12.2 Å². The van der Waals surface area contributed by atoms with E-state index in [9.17, 15) is 19.2 Å². The van der Waals surface area contributed by atoms with Crippen molar-refractivity contribution in [1.82, 2.24) is 0 Å². The monoisotopic (exact) mass is 390 g/mol. The van der Waals surface area contributed by atoms with E-state index < -0.39 is 13.1 Å². The van der Waals surface area contributed by atoms with Gasteiger partial charge in [0.15, 0.2) is 0 Å². The van der Waals surface area contributed by atoms with E-state index in [4.69, 9.17) is 23.7 Å². The number of rotatable bonds is 4. The summed E-state index contributed by atoms with van der Waals surface area (Å²) in [5, 5.41) is 8.61. The summed E-state index contributed by atoms with van der Waals surface area (Å²) in [6, 6.07) is 0. The molecule has 0 aromatic carbocycles. The van der Waals surface area contributed by atoms with Gasteiger partial charge in [0.2, 0.25) is 0 Å². The first-order valence-electron chi connectivity index (χ1n) is 9.15. The first kappa shape index (κ1) is 19.9. The van der Waals surface area contributed by atoms with Crippen molar-refractivity contribution in [2.75, 3.05) is 6.61 Å². The lowest BCUT2D eigenvalue weighted by molar-refractivity contribution is -0.140. The van der Waals surface area contributed by atoms with Crippen molar-refractivity contribution in [3.8, 4) is 0 Å². The van der Waals surface area contributed by atoms with Crippen LogP contribution in [0.5, 0.6) is 0 Å². The van der Waals surface area contributed by atoms with Gasteiger partial charge in [-0.05, 0) is 6.42 Å². The van der Waals surface area contributed by atoms with Crippen molar-refractivity contribution in [3.05, 3.63) is 35.7 Å². The predicted octanol–water partition coefficient (Wildman–Crippen LogP) is 0.465. The van der Waals surface area contributed by atoms with Gasteiger partial charge in [-0.2, -0.15) is 0 Å². The van der Waals surface area contributed by atoms with E-state index in [1.54, 1.807) is 5.98 Å². The molecule has 4 fully saturated rings. The van der Waals surface area contributed by atoms with E-state index in [0.29, 0.717) is 5.82 Å². The Morgan fingerprint density at radius 2 is 1.14 bits per heavy atom. The molecule has 4 heterocycles. The van der Waals surface area contributed by atoms with Crippen LogP contribution in [0, 0.1) is 11.6 Å². The number of hydrogen-bond acceptors (Lipinski definition) is 9. The van der Waals surface area contributed by atoms with E-state index >= 15 is 0 Å². The molecule has 0 amide bonds. The van der Waals surface area contributed by atoms with Gasteiger partial charge in [0, 0.05) is 11.6 Å². The molecule has 0 unspecified atom stereocenters. The van der Waals surface area contributed by atoms with Gasteiger partial charge in [0.25, 0.3) is 0 Å². The number of aliphatic hydroxyl groups excluding tert-OH is 1. The largest absolute Gasteiger partial charge is 0.610 e. The molecular formula is C17H20B2O9. The first-order valence-corrected chi connectivity index (χ1v) is 9.15. The van der Waals surface area contributed by atoms with Gasteiger partial charge in [-0.25, -0.2) is 0 Å². The second-order valence-electron chi connectivity index (χ2n) is 6.97. The van der Waals surface area contributed by atoms with E-state index in [1.165, 1.54) is 12.1 Å².